The molecule has 0 aromatic heterocycles. The summed E-state index contributed by atoms with van der Waals surface area (Å²) in [6, 6.07) is -0.921. The Kier molecular flexibility index (Phi) is 3.99. The highest BCUT2D eigenvalue weighted by Gasteiger charge is 2.17. The summed E-state index contributed by atoms with van der Waals surface area (Å²) in [5, 5.41) is 2.21. The van der Waals surface area contributed by atoms with Crippen LogP contribution in [0.5, 0.6) is 0 Å². The van der Waals surface area contributed by atoms with Crippen molar-refractivity contribution in [1.82, 2.24) is 5.32 Å². The Morgan fingerprint density at radius 2 is 2.15 bits per heavy atom. The molecule has 0 saturated carbocycles. The van der Waals surface area contributed by atoms with Gasteiger partial charge in [0.1, 0.15) is 11.6 Å². The van der Waals surface area contributed by atoms with E-state index in [1.165, 1.54) is 0 Å². The third-order valence-corrected chi connectivity index (χ3v) is 0.988. The molecule has 0 unspecified atom stereocenters. The molecule has 0 rings (SSSR count). The average Bonchev–Trinajstić information content (AvgIpc) is 1.96. The molecule has 0 bridgehead atoms. The number of ether oxygens (including phenoxy) is 1. The van der Waals surface area contributed by atoms with Crippen molar-refractivity contribution in [2.24, 2.45) is 0 Å². The second kappa shape index (κ2) is 4.51. The van der Waals surface area contributed by atoms with E-state index in [-0.39, 0.29) is 0 Å². The van der Waals surface area contributed by atoms with E-state index >= 15 is 0 Å². The lowest BCUT2D eigenvalue weighted by atomic mass is 10.2. The summed E-state index contributed by atoms with van der Waals surface area (Å²) in [5.74, 6) is 2.09. The third kappa shape index (κ3) is 5.74. The molecular weight excluding hydrogens is 170 g/mol. The van der Waals surface area contributed by atoms with Crippen molar-refractivity contribution < 1.29 is 14.3 Å². The summed E-state index contributed by atoms with van der Waals surface area (Å²) < 4.78 is 4.87. The topological polar surface area (TPSA) is 55.4 Å². The molecule has 0 radical (unpaired) electrons. The van der Waals surface area contributed by atoms with Crippen LogP contribution in [0.25, 0.3) is 0 Å². The molecule has 1 amide bonds. The maximum absolute atomic E-state index is 11.0. The van der Waals surface area contributed by atoms with Gasteiger partial charge in [0.2, 0.25) is 0 Å². The summed E-state index contributed by atoms with van der Waals surface area (Å²) >= 11 is 0. The minimum atomic E-state index is -0.921. The number of hydrogen-bond acceptors (Lipinski definition) is 3. The number of aldehydes is 1. The molecular formula is C9H13NO3. The Labute approximate surface area is 77.6 Å². The molecule has 13 heavy (non-hydrogen) atoms. The highest BCUT2D eigenvalue weighted by molar-refractivity contribution is 5.75. The van der Waals surface area contributed by atoms with Crippen LogP contribution in [0.4, 0.5) is 4.79 Å². The van der Waals surface area contributed by atoms with E-state index in [9.17, 15) is 9.59 Å². The lowest BCUT2D eigenvalue weighted by Crippen LogP contribution is -2.39. The van der Waals surface area contributed by atoms with Crippen LogP contribution in [0, 0.1) is 12.3 Å². The molecule has 0 aromatic rings. The van der Waals surface area contributed by atoms with E-state index in [0.717, 1.165) is 0 Å². The number of amides is 1. The van der Waals surface area contributed by atoms with Crippen LogP contribution in [0.3, 0.4) is 0 Å². The van der Waals surface area contributed by atoms with Crippen molar-refractivity contribution >= 4 is 12.4 Å². The Bertz CT molecular complexity index is 234. The molecule has 0 aromatic carbocycles. The molecule has 0 aliphatic carbocycles. The maximum Gasteiger partial charge on any atom is 0.408 e. The van der Waals surface area contributed by atoms with Gasteiger partial charge in [0.25, 0.3) is 0 Å². The van der Waals surface area contributed by atoms with Gasteiger partial charge >= 0.3 is 6.09 Å². The number of carbonyl (C=O) groups excluding carboxylic acids is 2. The van der Waals surface area contributed by atoms with Gasteiger partial charge < -0.3 is 10.1 Å². The van der Waals surface area contributed by atoms with Gasteiger partial charge in [0.15, 0.2) is 6.29 Å². The molecule has 0 spiro atoms. The summed E-state index contributed by atoms with van der Waals surface area (Å²) in [7, 11) is 0. The van der Waals surface area contributed by atoms with Crippen molar-refractivity contribution in [3.8, 4) is 12.3 Å². The van der Waals surface area contributed by atoms with E-state index < -0.39 is 17.7 Å². The maximum atomic E-state index is 11.0. The van der Waals surface area contributed by atoms with Crippen LogP contribution in [0.2, 0.25) is 0 Å². The normalized spacial score (nSPS) is 12.5. The molecule has 4 nitrogen and oxygen atoms in total. The molecule has 1 N–H and O–H groups in total. The number of terminal acetylenes is 1. The van der Waals surface area contributed by atoms with Crippen molar-refractivity contribution in [1.29, 1.82) is 0 Å². The van der Waals surface area contributed by atoms with Crippen LogP contribution >= 0.6 is 0 Å². The largest absolute Gasteiger partial charge is 0.444 e. The fourth-order valence-electron chi connectivity index (χ4n) is 0.549. The zero-order chi connectivity index (χ0) is 10.5. The quantitative estimate of drug-likeness (QED) is 0.506. The predicted molar refractivity (Wildman–Crippen MR) is 48.1 cm³/mol. The minimum Gasteiger partial charge on any atom is -0.444 e. The molecule has 72 valence electrons. The first-order chi connectivity index (χ1) is 5.89. The fraction of sp³-hybridized carbons (Fsp3) is 0.556. The van der Waals surface area contributed by atoms with E-state index in [2.05, 4.69) is 11.2 Å². The van der Waals surface area contributed by atoms with E-state index in [1.807, 2.05) is 0 Å². The van der Waals surface area contributed by atoms with Gasteiger partial charge in [-0.15, -0.1) is 6.42 Å². The summed E-state index contributed by atoms with van der Waals surface area (Å²) in [5.41, 5.74) is -0.591. The highest BCUT2D eigenvalue weighted by Crippen LogP contribution is 2.06. The lowest BCUT2D eigenvalue weighted by molar-refractivity contribution is -0.108. The first kappa shape index (κ1) is 11.5. The number of alkyl carbamates (subject to hydrolysis) is 1. The second-order valence-electron chi connectivity index (χ2n) is 3.43. The van der Waals surface area contributed by atoms with Crippen LogP contribution < -0.4 is 5.32 Å². The van der Waals surface area contributed by atoms with Gasteiger partial charge in [-0.25, -0.2) is 4.79 Å². The van der Waals surface area contributed by atoms with Gasteiger partial charge in [-0.1, -0.05) is 5.92 Å². The van der Waals surface area contributed by atoms with Crippen LogP contribution in [-0.4, -0.2) is 24.0 Å². The first-order valence-corrected chi connectivity index (χ1v) is 3.80. The zero-order valence-corrected chi connectivity index (χ0v) is 7.96. The Morgan fingerprint density at radius 1 is 1.62 bits per heavy atom. The van der Waals surface area contributed by atoms with Gasteiger partial charge in [0.05, 0.1) is 0 Å². The molecule has 0 aliphatic rings. The smallest absolute Gasteiger partial charge is 0.408 e. The highest BCUT2D eigenvalue weighted by atomic mass is 16.6. The van der Waals surface area contributed by atoms with Crippen LogP contribution in [-0.2, 0) is 9.53 Å². The number of hydrogen-bond donors (Lipinski definition) is 1. The lowest BCUT2D eigenvalue weighted by Gasteiger charge is -2.20. The van der Waals surface area contributed by atoms with Gasteiger partial charge in [-0.3, -0.25) is 4.79 Å². The van der Waals surface area contributed by atoms with Crippen LogP contribution in [0.15, 0.2) is 0 Å². The Hall–Kier alpha value is -1.50. The van der Waals surface area contributed by atoms with Gasteiger partial charge in [-0.05, 0) is 20.8 Å². The van der Waals surface area contributed by atoms with Gasteiger partial charge in [0, 0.05) is 0 Å². The van der Waals surface area contributed by atoms with Crippen molar-refractivity contribution in [3.63, 3.8) is 0 Å². The number of carbonyl (C=O) groups is 2. The van der Waals surface area contributed by atoms with E-state index in [1.54, 1.807) is 20.8 Å². The zero-order valence-electron chi connectivity index (χ0n) is 7.96. The number of nitrogens with one attached hydrogen (secondary N) is 1. The fourth-order valence-corrected chi connectivity index (χ4v) is 0.549. The molecule has 0 fully saturated rings. The molecule has 0 saturated heterocycles. The molecule has 0 heterocycles. The third-order valence-electron chi connectivity index (χ3n) is 0.988. The summed E-state index contributed by atoms with van der Waals surface area (Å²) in [6.07, 6.45) is 4.71. The minimum absolute atomic E-state index is 0.462. The Morgan fingerprint density at radius 3 is 2.46 bits per heavy atom. The molecule has 4 heteroatoms. The Balaban J connectivity index is 4.03. The molecule has 1 atom stereocenters. The average molecular weight is 183 g/mol. The summed E-state index contributed by atoms with van der Waals surface area (Å²) in [6.45, 7) is 5.16. The molecule has 0 aliphatic heterocycles. The SMILES string of the molecule is C#C[C@@H](C=O)NC(=O)OC(C)(C)C. The second-order valence-corrected chi connectivity index (χ2v) is 3.43. The predicted octanol–water partition coefficient (Wildman–Crippen LogP) is 0.712. The van der Waals surface area contributed by atoms with Crippen molar-refractivity contribution in [3.05, 3.63) is 0 Å². The first-order valence-electron chi connectivity index (χ1n) is 3.80. The standard InChI is InChI=1S/C9H13NO3/c1-5-7(6-11)10-8(12)13-9(2,3)4/h1,6-7H,2-4H3,(H,10,12)/t7-/m0/s1. The van der Waals surface area contributed by atoms with Crippen molar-refractivity contribution in [2.75, 3.05) is 0 Å². The monoisotopic (exact) mass is 183 g/mol. The summed E-state index contributed by atoms with van der Waals surface area (Å²) in [4.78, 5) is 21.2. The van der Waals surface area contributed by atoms with Crippen molar-refractivity contribution in [2.45, 2.75) is 32.4 Å². The van der Waals surface area contributed by atoms with Crippen LogP contribution in [0.1, 0.15) is 20.8 Å². The van der Waals surface area contributed by atoms with E-state index in [0.29, 0.717) is 6.29 Å². The number of rotatable bonds is 2. The van der Waals surface area contributed by atoms with Gasteiger partial charge in [-0.2, -0.15) is 0 Å². The van der Waals surface area contributed by atoms with E-state index in [4.69, 9.17) is 11.2 Å².